The summed E-state index contributed by atoms with van der Waals surface area (Å²) in [6.45, 7) is 11.4. The van der Waals surface area contributed by atoms with E-state index < -0.39 is 4.92 Å². The first-order valence-electron chi connectivity index (χ1n) is 6.42. The van der Waals surface area contributed by atoms with E-state index in [1.807, 2.05) is 27.7 Å². The molecule has 0 spiro atoms. The summed E-state index contributed by atoms with van der Waals surface area (Å²) in [6.07, 6.45) is 0. The molecule has 7 heteroatoms. The molecular weight excluding hydrogens is 258 g/mol. The predicted octanol–water partition coefficient (Wildman–Crippen LogP) is 3.92. The lowest BCUT2D eigenvalue weighted by molar-refractivity contribution is -0.385. The number of amidine groups is 1. The summed E-state index contributed by atoms with van der Waals surface area (Å²) in [5, 5.41) is 17.2. The zero-order valence-electron chi connectivity index (χ0n) is 12.9. The van der Waals surface area contributed by atoms with Crippen molar-refractivity contribution in [1.82, 2.24) is 0 Å². The zero-order chi connectivity index (χ0) is 16.3. The summed E-state index contributed by atoms with van der Waals surface area (Å²) in [5.41, 5.74) is 8.52. The number of rotatable bonds is 2. The lowest BCUT2D eigenvalue weighted by Crippen LogP contribution is -2.05. The van der Waals surface area contributed by atoms with Crippen LogP contribution in [0.4, 0.5) is 5.69 Å². The fourth-order valence-corrected chi connectivity index (χ4v) is 1.44. The summed E-state index contributed by atoms with van der Waals surface area (Å²) in [7, 11) is 0. The van der Waals surface area contributed by atoms with Gasteiger partial charge in [-0.25, -0.2) is 5.53 Å². The summed E-state index contributed by atoms with van der Waals surface area (Å²) in [5.74, 6) is 5.03. The van der Waals surface area contributed by atoms with Crippen molar-refractivity contribution in [3.05, 3.63) is 38.9 Å². The van der Waals surface area contributed by atoms with Crippen molar-refractivity contribution >= 4 is 11.5 Å². The number of nitro benzene ring substituents is 1. The van der Waals surface area contributed by atoms with Crippen LogP contribution < -0.4 is 5.84 Å². The Kier molecular flexibility index (Phi) is 10.6. The summed E-state index contributed by atoms with van der Waals surface area (Å²) >= 11 is 0. The third-order valence-corrected chi connectivity index (χ3v) is 2.21. The van der Waals surface area contributed by atoms with E-state index in [1.54, 1.807) is 19.9 Å². The van der Waals surface area contributed by atoms with Crippen LogP contribution in [0.15, 0.2) is 22.3 Å². The minimum absolute atomic E-state index is 0.0272. The second kappa shape index (κ2) is 10.6. The highest BCUT2D eigenvalue weighted by molar-refractivity contribution is 6.00. The van der Waals surface area contributed by atoms with Gasteiger partial charge in [-0.1, -0.05) is 27.7 Å². The van der Waals surface area contributed by atoms with E-state index in [9.17, 15) is 10.1 Å². The molecule has 0 aromatic heterocycles. The first-order chi connectivity index (χ1) is 9.51. The topological polar surface area (TPSA) is 118 Å². The van der Waals surface area contributed by atoms with Gasteiger partial charge in [-0.15, -0.1) is 5.11 Å². The Morgan fingerprint density at radius 2 is 1.70 bits per heavy atom. The van der Waals surface area contributed by atoms with Gasteiger partial charge < -0.3 is 5.84 Å². The molecule has 0 bridgehead atoms. The van der Waals surface area contributed by atoms with Crippen LogP contribution in [-0.4, -0.2) is 10.8 Å². The van der Waals surface area contributed by atoms with Gasteiger partial charge in [-0.3, -0.25) is 10.1 Å². The number of hydrogen-bond donors (Lipinski definition) is 2. The lowest BCUT2D eigenvalue weighted by atomic mass is 10.0. The zero-order valence-corrected chi connectivity index (χ0v) is 12.9. The van der Waals surface area contributed by atoms with E-state index in [-0.39, 0.29) is 11.5 Å². The third-order valence-electron chi connectivity index (χ3n) is 2.21. The minimum Gasteiger partial charge on any atom is -0.321 e. The molecule has 0 amide bonds. The smallest absolute Gasteiger partial charge is 0.273 e. The molecule has 7 nitrogen and oxygen atoms in total. The van der Waals surface area contributed by atoms with Gasteiger partial charge >= 0.3 is 0 Å². The average Bonchev–Trinajstić information content (AvgIpc) is 2.46. The summed E-state index contributed by atoms with van der Waals surface area (Å²) in [4.78, 5) is 10.3. The fourth-order valence-electron chi connectivity index (χ4n) is 1.44. The number of hydrazone groups is 1. The highest BCUT2D eigenvalue weighted by Gasteiger charge is 2.16. The normalized spacial score (nSPS) is 9.60. The van der Waals surface area contributed by atoms with Crippen LogP contribution >= 0.6 is 0 Å². The minimum atomic E-state index is -0.490. The molecule has 0 fully saturated rings. The molecule has 0 unspecified atom stereocenters. The van der Waals surface area contributed by atoms with Gasteiger partial charge in [-0.2, -0.15) is 5.10 Å². The van der Waals surface area contributed by atoms with Crippen molar-refractivity contribution in [2.45, 2.75) is 41.5 Å². The maximum absolute atomic E-state index is 10.7. The van der Waals surface area contributed by atoms with Crippen LogP contribution in [0.5, 0.6) is 0 Å². The van der Waals surface area contributed by atoms with Gasteiger partial charge in [0.15, 0.2) is 5.84 Å². The molecular formula is C13H23N5O2. The molecule has 0 saturated heterocycles. The summed E-state index contributed by atoms with van der Waals surface area (Å²) in [6, 6.07) is 2.97. The van der Waals surface area contributed by atoms with Crippen molar-refractivity contribution in [1.29, 1.82) is 5.53 Å². The van der Waals surface area contributed by atoms with Crippen molar-refractivity contribution in [2.24, 2.45) is 16.1 Å². The monoisotopic (exact) mass is 281 g/mol. The standard InChI is InChI=1S/C9H11N5O2.2C2H6/c1-5-3-6(2)8(14(15)16)4-7(5)9(12-10)13-11;2*1-2/h3-4,10H,11H2,1-2H3;2*1-2H3/b12-10?,13-9-;;. The maximum Gasteiger partial charge on any atom is 0.273 e. The predicted molar refractivity (Wildman–Crippen MR) is 81.1 cm³/mol. The number of benzene rings is 1. The average molecular weight is 281 g/mol. The molecule has 1 aromatic carbocycles. The highest BCUT2D eigenvalue weighted by atomic mass is 16.6. The Bertz CT molecular complexity index is 484. The van der Waals surface area contributed by atoms with Gasteiger partial charge in [0, 0.05) is 17.2 Å². The molecule has 1 aromatic rings. The molecule has 0 aliphatic carbocycles. The molecule has 20 heavy (non-hydrogen) atoms. The quantitative estimate of drug-likeness (QED) is 0.213. The van der Waals surface area contributed by atoms with Crippen LogP contribution in [0, 0.1) is 29.5 Å². The number of nitrogens with zero attached hydrogens (tertiary/aromatic N) is 3. The van der Waals surface area contributed by atoms with Crippen LogP contribution in [0.1, 0.15) is 44.4 Å². The second-order valence-electron chi connectivity index (χ2n) is 3.28. The van der Waals surface area contributed by atoms with Gasteiger partial charge in [0.1, 0.15) is 0 Å². The second-order valence-corrected chi connectivity index (χ2v) is 3.28. The van der Waals surface area contributed by atoms with E-state index in [0.717, 1.165) is 5.56 Å². The summed E-state index contributed by atoms with van der Waals surface area (Å²) < 4.78 is 0. The Morgan fingerprint density at radius 1 is 1.20 bits per heavy atom. The number of hydrogen-bond acceptors (Lipinski definition) is 5. The lowest BCUT2D eigenvalue weighted by Gasteiger charge is -2.05. The Morgan fingerprint density at radius 3 is 2.05 bits per heavy atom. The third kappa shape index (κ3) is 5.13. The van der Waals surface area contributed by atoms with Crippen molar-refractivity contribution in [3.63, 3.8) is 0 Å². The molecule has 0 atom stereocenters. The highest BCUT2D eigenvalue weighted by Crippen LogP contribution is 2.23. The Hall–Kier alpha value is -2.31. The first-order valence-corrected chi connectivity index (χ1v) is 6.42. The van der Waals surface area contributed by atoms with Gasteiger partial charge in [0.05, 0.1) is 4.92 Å². The molecule has 1 rings (SSSR count). The molecule has 3 N–H and O–H groups in total. The molecule has 0 aliphatic rings. The van der Waals surface area contributed by atoms with Crippen molar-refractivity contribution in [3.8, 4) is 0 Å². The SMILES string of the molecule is CC.CC.Cc1cc(C)c([N+](=O)[O-])cc1/C(N=N)=N/N. The Balaban J connectivity index is 0. The van der Waals surface area contributed by atoms with Crippen LogP contribution in [-0.2, 0) is 0 Å². The van der Waals surface area contributed by atoms with Gasteiger partial charge in [0.25, 0.3) is 5.69 Å². The van der Waals surface area contributed by atoms with Gasteiger partial charge in [-0.05, 0) is 25.5 Å². The van der Waals surface area contributed by atoms with Gasteiger partial charge in [0.2, 0.25) is 0 Å². The number of nitrogens with two attached hydrogens (primary N) is 1. The van der Waals surface area contributed by atoms with Crippen LogP contribution in [0.2, 0.25) is 0 Å². The largest absolute Gasteiger partial charge is 0.321 e. The van der Waals surface area contributed by atoms with E-state index >= 15 is 0 Å². The van der Waals surface area contributed by atoms with Crippen molar-refractivity contribution < 1.29 is 4.92 Å². The molecule has 112 valence electrons. The first kappa shape index (κ1) is 20.0. The fraction of sp³-hybridized carbons (Fsp3) is 0.462. The maximum atomic E-state index is 10.7. The number of nitro groups is 1. The molecule has 0 aliphatic heterocycles. The van der Waals surface area contributed by atoms with E-state index in [0.29, 0.717) is 11.1 Å². The molecule has 0 saturated carbocycles. The van der Waals surface area contributed by atoms with E-state index in [2.05, 4.69) is 10.2 Å². The molecule has 0 radical (unpaired) electrons. The number of aryl methyl sites for hydroxylation is 2. The number of nitrogens with one attached hydrogen (secondary N) is 1. The van der Waals surface area contributed by atoms with E-state index in [4.69, 9.17) is 11.4 Å². The van der Waals surface area contributed by atoms with Crippen LogP contribution in [0.3, 0.4) is 0 Å². The Labute approximate surface area is 119 Å². The molecule has 0 heterocycles. The van der Waals surface area contributed by atoms with Crippen molar-refractivity contribution in [2.75, 3.05) is 0 Å². The van der Waals surface area contributed by atoms with Crippen LogP contribution in [0.25, 0.3) is 0 Å². The van der Waals surface area contributed by atoms with E-state index in [1.165, 1.54) is 6.07 Å².